The highest BCUT2D eigenvalue weighted by Gasteiger charge is 2.26. The van der Waals surface area contributed by atoms with Crippen molar-refractivity contribution in [2.45, 2.75) is 32.7 Å². The molecule has 1 fully saturated rings. The van der Waals surface area contributed by atoms with Gasteiger partial charge in [0.2, 0.25) is 0 Å². The zero-order chi connectivity index (χ0) is 13.0. The normalized spacial score (nSPS) is 23.8. The summed E-state index contributed by atoms with van der Waals surface area (Å²) in [4.78, 5) is 2.45. The quantitative estimate of drug-likeness (QED) is 0.865. The van der Waals surface area contributed by atoms with Crippen LogP contribution in [0.25, 0.3) is 0 Å². The topological polar surface area (TPSA) is 29.3 Å². The number of hydrogen-bond acceptors (Lipinski definition) is 2. The van der Waals surface area contributed by atoms with Crippen molar-refractivity contribution >= 4 is 0 Å². The van der Waals surface area contributed by atoms with Gasteiger partial charge < -0.3 is 10.6 Å². The molecule has 0 aliphatic heterocycles. The van der Waals surface area contributed by atoms with Gasteiger partial charge in [-0.25, -0.2) is 0 Å². The minimum atomic E-state index is 0.755. The first-order chi connectivity index (χ1) is 8.69. The van der Waals surface area contributed by atoms with Crippen molar-refractivity contribution in [3.8, 4) is 0 Å². The Labute approximate surface area is 111 Å². The number of hydrogen-bond donors (Lipinski definition) is 1. The first-order valence-electron chi connectivity index (χ1n) is 7.13. The molecule has 1 aliphatic carbocycles. The third-order valence-corrected chi connectivity index (χ3v) is 4.24. The van der Waals surface area contributed by atoms with Gasteiger partial charge in [-0.1, -0.05) is 36.2 Å². The van der Waals surface area contributed by atoms with Gasteiger partial charge in [0.05, 0.1) is 0 Å². The molecule has 2 N–H and O–H groups in total. The number of nitrogens with two attached hydrogens (primary N) is 1. The summed E-state index contributed by atoms with van der Waals surface area (Å²) in [5.41, 5.74) is 8.59. The Morgan fingerprint density at radius 2 is 1.83 bits per heavy atom. The number of rotatable bonds is 5. The number of aryl methyl sites for hydroxylation is 1. The molecule has 100 valence electrons. The van der Waals surface area contributed by atoms with Crippen molar-refractivity contribution in [1.82, 2.24) is 4.90 Å². The Morgan fingerprint density at radius 3 is 2.50 bits per heavy atom. The zero-order valence-electron chi connectivity index (χ0n) is 11.7. The number of benzene rings is 1. The lowest BCUT2D eigenvalue weighted by Crippen LogP contribution is -2.30. The SMILES string of the molecule is Cc1ccc(CN(C)CC2CCCC2CN)cc1. The lowest BCUT2D eigenvalue weighted by atomic mass is 9.95. The minimum Gasteiger partial charge on any atom is -0.330 e. The summed E-state index contributed by atoms with van der Waals surface area (Å²) >= 11 is 0. The molecule has 1 aromatic rings. The summed E-state index contributed by atoms with van der Waals surface area (Å²) < 4.78 is 0. The Bertz CT molecular complexity index is 358. The molecule has 0 radical (unpaired) electrons. The van der Waals surface area contributed by atoms with E-state index in [0.29, 0.717) is 0 Å². The molecular weight excluding hydrogens is 220 g/mol. The molecule has 1 aliphatic rings. The Hall–Kier alpha value is -0.860. The van der Waals surface area contributed by atoms with Crippen molar-refractivity contribution in [3.05, 3.63) is 35.4 Å². The Morgan fingerprint density at radius 1 is 1.17 bits per heavy atom. The third kappa shape index (κ3) is 3.56. The molecule has 2 atom stereocenters. The molecule has 1 saturated carbocycles. The fraction of sp³-hybridized carbons (Fsp3) is 0.625. The van der Waals surface area contributed by atoms with Crippen molar-refractivity contribution in [3.63, 3.8) is 0 Å². The van der Waals surface area contributed by atoms with Crippen molar-refractivity contribution in [2.75, 3.05) is 20.1 Å². The summed E-state index contributed by atoms with van der Waals surface area (Å²) in [6.45, 7) is 5.24. The minimum absolute atomic E-state index is 0.755. The second kappa shape index (κ2) is 6.35. The molecule has 2 heteroatoms. The molecule has 2 unspecified atom stereocenters. The van der Waals surface area contributed by atoms with Gasteiger partial charge in [-0.3, -0.25) is 0 Å². The van der Waals surface area contributed by atoms with E-state index in [-0.39, 0.29) is 0 Å². The molecule has 2 rings (SSSR count). The number of nitrogens with zero attached hydrogens (tertiary/aromatic N) is 1. The lowest BCUT2D eigenvalue weighted by molar-refractivity contribution is 0.237. The molecule has 2 nitrogen and oxygen atoms in total. The average Bonchev–Trinajstić information content (AvgIpc) is 2.79. The van der Waals surface area contributed by atoms with Gasteiger partial charge in [-0.2, -0.15) is 0 Å². The van der Waals surface area contributed by atoms with E-state index >= 15 is 0 Å². The van der Waals surface area contributed by atoms with Crippen LogP contribution >= 0.6 is 0 Å². The summed E-state index contributed by atoms with van der Waals surface area (Å²) in [6.07, 6.45) is 4.06. The summed E-state index contributed by atoms with van der Waals surface area (Å²) in [5, 5.41) is 0. The van der Waals surface area contributed by atoms with Gasteiger partial charge in [0.25, 0.3) is 0 Å². The maximum atomic E-state index is 5.85. The van der Waals surface area contributed by atoms with Crippen LogP contribution in [0.3, 0.4) is 0 Å². The van der Waals surface area contributed by atoms with E-state index in [2.05, 4.69) is 43.1 Å². The van der Waals surface area contributed by atoms with E-state index in [1.54, 1.807) is 0 Å². The van der Waals surface area contributed by atoms with Crippen LogP contribution in [-0.2, 0) is 6.54 Å². The zero-order valence-corrected chi connectivity index (χ0v) is 11.7. The summed E-state index contributed by atoms with van der Waals surface area (Å²) in [7, 11) is 2.23. The Balaban J connectivity index is 1.84. The van der Waals surface area contributed by atoms with E-state index in [9.17, 15) is 0 Å². The second-order valence-electron chi connectivity index (χ2n) is 5.87. The maximum absolute atomic E-state index is 5.85. The van der Waals surface area contributed by atoms with Gasteiger partial charge in [0, 0.05) is 13.1 Å². The predicted molar refractivity (Wildman–Crippen MR) is 77.4 cm³/mol. The highest BCUT2D eigenvalue weighted by Crippen LogP contribution is 2.31. The average molecular weight is 246 g/mol. The molecular formula is C16H26N2. The predicted octanol–water partition coefficient (Wildman–Crippen LogP) is 2.80. The molecule has 0 spiro atoms. The molecule has 1 aromatic carbocycles. The van der Waals surface area contributed by atoms with Gasteiger partial charge >= 0.3 is 0 Å². The third-order valence-electron chi connectivity index (χ3n) is 4.24. The van der Waals surface area contributed by atoms with Gasteiger partial charge in [0.1, 0.15) is 0 Å². The van der Waals surface area contributed by atoms with E-state index in [4.69, 9.17) is 5.73 Å². The van der Waals surface area contributed by atoms with Crippen LogP contribution in [-0.4, -0.2) is 25.0 Å². The molecule has 0 heterocycles. The maximum Gasteiger partial charge on any atom is 0.0230 e. The first kappa shape index (κ1) is 13.6. The van der Waals surface area contributed by atoms with Gasteiger partial charge in [0.15, 0.2) is 0 Å². The van der Waals surface area contributed by atoms with Gasteiger partial charge in [-0.05, 0) is 50.8 Å². The van der Waals surface area contributed by atoms with E-state index in [1.165, 1.54) is 36.9 Å². The van der Waals surface area contributed by atoms with Crippen LogP contribution in [0.5, 0.6) is 0 Å². The van der Waals surface area contributed by atoms with E-state index in [1.807, 2.05) is 0 Å². The van der Waals surface area contributed by atoms with Crippen LogP contribution in [0.15, 0.2) is 24.3 Å². The van der Waals surface area contributed by atoms with E-state index in [0.717, 1.165) is 24.9 Å². The molecule has 18 heavy (non-hydrogen) atoms. The molecule has 0 saturated heterocycles. The Kier molecular flexibility index (Phi) is 4.79. The van der Waals surface area contributed by atoms with Crippen LogP contribution in [0.4, 0.5) is 0 Å². The highest BCUT2D eigenvalue weighted by molar-refractivity contribution is 5.21. The molecule has 0 bridgehead atoms. The lowest BCUT2D eigenvalue weighted by Gasteiger charge is -2.25. The van der Waals surface area contributed by atoms with Crippen LogP contribution < -0.4 is 5.73 Å². The molecule has 0 amide bonds. The fourth-order valence-corrected chi connectivity index (χ4v) is 3.13. The first-order valence-corrected chi connectivity index (χ1v) is 7.13. The van der Waals surface area contributed by atoms with Crippen LogP contribution in [0, 0.1) is 18.8 Å². The monoisotopic (exact) mass is 246 g/mol. The van der Waals surface area contributed by atoms with Crippen molar-refractivity contribution in [1.29, 1.82) is 0 Å². The van der Waals surface area contributed by atoms with Crippen molar-refractivity contribution < 1.29 is 0 Å². The molecule has 0 aromatic heterocycles. The largest absolute Gasteiger partial charge is 0.330 e. The van der Waals surface area contributed by atoms with Gasteiger partial charge in [-0.15, -0.1) is 0 Å². The second-order valence-corrected chi connectivity index (χ2v) is 5.87. The van der Waals surface area contributed by atoms with Crippen LogP contribution in [0.2, 0.25) is 0 Å². The summed E-state index contributed by atoms with van der Waals surface area (Å²) in [5.74, 6) is 1.57. The highest BCUT2D eigenvalue weighted by atomic mass is 15.1. The van der Waals surface area contributed by atoms with Crippen LogP contribution in [0.1, 0.15) is 30.4 Å². The fourth-order valence-electron chi connectivity index (χ4n) is 3.13. The standard InChI is InChI=1S/C16H26N2/c1-13-6-8-14(9-7-13)11-18(2)12-16-5-3-4-15(16)10-17/h6-9,15-16H,3-5,10-12,17H2,1-2H3. The smallest absolute Gasteiger partial charge is 0.0230 e. The summed E-state index contributed by atoms with van der Waals surface area (Å²) in [6, 6.07) is 8.87. The van der Waals surface area contributed by atoms with E-state index < -0.39 is 0 Å². The van der Waals surface area contributed by atoms with Crippen molar-refractivity contribution in [2.24, 2.45) is 17.6 Å².